The number of carboxylic acids is 2. The molecular formula is C14H19NaO10S. The van der Waals surface area contributed by atoms with Gasteiger partial charge in [-0.1, -0.05) is 0 Å². The summed E-state index contributed by atoms with van der Waals surface area (Å²) in [6.07, 6.45) is 0. The summed E-state index contributed by atoms with van der Waals surface area (Å²) < 4.78 is 38.7. The van der Waals surface area contributed by atoms with Gasteiger partial charge in [-0.15, -0.1) is 0 Å². The summed E-state index contributed by atoms with van der Waals surface area (Å²) in [4.78, 5) is 21.4. The molecule has 0 aliphatic rings. The maximum absolute atomic E-state index is 12.0. The first-order valence-corrected chi connectivity index (χ1v) is 8.46. The van der Waals surface area contributed by atoms with E-state index in [0.717, 1.165) is 18.2 Å². The summed E-state index contributed by atoms with van der Waals surface area (Å²) in [5.74, 6) is -2.93. The molecule has 1 aromatic rings. The van der Waals surface area contributed by atoms with Crippen LogP contribution in [0.4, 0.5) is 0 Å². The van der Waals surface area contributed by atoms with Gasteiger partial charge in [-0.25, -0.2) is 9.59 Å². The average molecular weight is 402 g/mol. The van der Waals surface area contributed by atoms with Crippen molar-refractivity contribution in [1.29, 1.82) is 0 Å². The molecule has 0 atom stereocenters. The third kappa shape index (κ3) is 8.56. The van der Waals surface area contributed by atoms with E-state index in [1.54, 1.807) is 0 Å². The Morgan fingerprint density at radius 3 is 1.77 bits per heavy atom. The van der Waals surface area contributed by atoms with Gasteiger partial charge in [-0.3, -0.25) is 4.18 Å². The SMILES string of the molecule is O=C(O)c1cc(C(=O)O)cc(S(=O)(=O)OCCOCCOCCO)c1.[NaH]. The van der Waals surface area contributed by atoms with E-state index in [-0.39, 0.29) is 69.2 Å². The van der Waals surface area contributed by atoms with Gasteiger partial charge >= 0.3 is 41.5 Å². The standard InChI is InChI=1S/C14H18O10S.Na.H/c15-1-2-22-3-4-23-5-6-24-25(20,21)12-8-10(13(16)17)7-11(9-12)14(18)19;;/h7-9,15H,1-6H2,(H,16,17)(H,18,19);;. The van der Waals surface area contributed by atoms with Crippen LogP contribution in [0, 0.1) is 0 Å². The molecule has 142 valence electrons. The molecule has 10 nitrogen and oxygen atoms in total. The number of carbonyl (C=O) groups is 2. The topological polar surface area (TPSA) is 157 Å². The summed E-state index contributed by atoms with van der Waals surface area (Å²) in [7, 11) is -4.34. The summed E-state index contributed by atoms with van der Waals surface area (Å²) in [5, 5.41) is 26.4. The zero-order valence-corrected chi connectivity index (χ0v) is 13.9. The summed E-state index contributed by atoms with van der Waals surface area (Å²) in [5.41, 5.74) is -0.973. The van der Waals surface area contributed by atoms with Crippen molar-refractivity contribution >= 4 is 51.6 Å². The van der Waals surface area contributed by atoms with Crippen molar-refractivity contribution in [2.45, 2.75) is 4.90 Å². The van der Waals surface area contributed by atoms with Gasteiger partial charge in [-0.2, -0.15) is 8.42 Å². The fourth-order valence-corrected chi connectivity index (χ4v) is 2.61. The van der Waals surface area contributed by atoms with Gasteiger partial charge in [0.2, 0.25) is 0 Å². The first kappa shape index (κ1) is 24.9. The van der Waals surface area contributed by atoms with Crippen molar-refractivity contribution in [2.24, 2.45) is 0 Å². The van der Waals surface area contributed by atoms with Gasteiger partial charge in [0, 0.05) is 0 Å². The van der Waals surface area contributed by atoms with Crippen LogP contribution < -0.4 is 0 Å². The molecule has 3 N–H and O–H groups in total. The second kappa shape index (κ2) is 12.4. The first-order chi connectivity index (χ1) is 11.8. The molecule has 0 aliphatic carbocycles. The second-order valence-corrected chi connectivity index (χ2v) is 6.20. The average Bonchev–Trinajstić information content (AvgIpc) is 2.56. The van der Waals surface area contributed by atoms with Gasteiger partial charge in [0.15, 0.2) is 0 Å². The molecule has 0 fully saturated rings. The number of carboxylic acid groups (broad SMARTS) is 2. The molecule has 0 unspecified atom stereocenters. The fourth-order valence-electron chi connectivity index (χ4n) is 1.65. The van der Waals surface area contributed by atoms with Gasteiger partial charge in [-0.05, 0) is 18.2 Å². The number of hydrogen-bond acceptors (Lipinski definition) is 8. The van der Waals surface area contributed by atoms with Crippen molar-refractivity contribution in [3.63, 3.8) is 0 Å². The molecule has 0 heterocycles. The van der Waals surface area contributed by atoms with Crippen molar-refractivity contribution in [2.75, 3.05) is 39.6 Å². The Balaban J connectivity index is 0.00000625. The van der Waals surface area contributed by atoms with E-state index < -0.39 is 38.1 Å². The van der Waals surface area contributed by atoms with E-state index in [1.165, 1.54) is 0 Å². The Kier molecular flexibility index (Phi) is 11.9. The molecule has 1 rings (SSSR count). The molecule has 0 spiro atoms. The fraction of sp³-hybridized carbons (Fsp3) is 0.429. The molecule has 0 saturated heterocycles. The Bertz CT molecular complexity index is 671. The normalized spacial score (nSPS) is 11.0. The zero-order valence-electron chi connectivity index (χ0n) is 13.1. The summed E-state index contributed by atoms with van der Waals surface area (Å²) >= 11 is 0. The number of rotatable bonds is 12. The van der Waals surface area contributed by atoms with Crippen LogP contribution in [0.1, 0.15) is 20.7 Å². The predicted octanol–water partition coefficient (Wildman–Crippen LogP) is -0.835. The third-order valence-electron chi connectivity index (χ3n) is 2.76. The van der Waals surface area contributed by atoms with Crippen molar-refractivity contribution in [1.82, 2.24) is 0 Å². The minimum atomic E-state index is -4.34. The molecular weight excluding hydrogens is 383 g/mol. The van der Waals surface area contributed by atoms with E-state index in [1.807, 2.05) is 0 Å². The summed E-state index contributed by atoms with van der Waals surface area (Å²) in [6.45, 7) is 0.0142. The van der Waals surface area contributed by atoms with Crippen molar-refractivity contribution < 1.29 is 47.0 Å². The van der Waals surface area contributed by atoms with Crippen LogP contribution in [-0.4, -0.2) is 105 Å². The number of benzene rings is 1. The third-order valence-corrected chi connectivity index (χ3v) is 4.05. The van der Waals surface area contributed by atoms with Gasteiger partial charge in [0.05, 0.1) is 55.7 Å². The van der Waals surface area contributed by atoms with Gasteiger partial charge < -0.3 is 24.8 Å². The Hall–Kier alpha value is -1.05. The Morgan fingerprint density at radius 2 is 1.31 bits per heavy atom. The molecule has 0 bridgehead atoms. The number of aliphatic hydroxyl groups is 1. The number of hydrogen-bond donors (Lipinski definition) is 3. The predicted molar refractivity (Wildman–Crippen MR) is 89.4 cm³/mol. The zero-order chi connectivity index (χ0) is 18.9. The minimum absolute atomic E-state index is 0. The van der Waals surface area contributed by atoms with Crippen LogP contribution in [-0.2, 0) is 23.8 Å². The van der Waals surface area contributed by atoms with E-state index in [9.17, 15) is 18.0 Å². The van der Waals surface area contributed by atoms with E-state index in [0.29, 0.717) is 0 Å². The molecule has 0 saturated carbocycles. The van der Waals surface area contributed by atoms with Crippen molar-refractivity contribution in [3.05, 3.63) is 29.3 Å². The Morgan fingerprint density at radius 1 is 0.846 bits per heavy atom. The number of ether oxygens (including phenoxy) is 2. The molecule has 12 heteroatoms. The summed E-state index contributed by atoms with van der Waals surface area (Å²) in [6, 6.07) is 2.47. The van der Waals surface area contributed by atoms with E-state index in [4.69, 9.17) is 29.0 Å². The molecule has 1 aromatic carbocycles. The van der Waals surface area contributed by atoms with Crippen molar-refractivity contribution in [3.8, 4) is 0 Å². The van der Waals surface area contributed by atoms with Gasteiger partial charge in [0.1, 0.15) is 0 Å². The van der Waals surface area contributed by atoms with E-state index >= 15 is 0 Å². The number of aromatic carboxylic acids is 2. The van der Waals surface area contributed by atoms with Crippen LogP contribution in [0.2, 0.25) is 0 Å². The Labute approximate surface area is 172 Å². The molecule has 26 heavy (non-hydrogen) atoms. The number of aliphatic hydroxyl groups excluding tert-OH is 1. The van der Waals surface area contributed by atoms with Crippen LogP contribution in [0.5, 0.6) is 0 Å². The maximum atomic E-state index is 12.0. The van der Waals surface area contributed by atoms with Crippen LogP contribution >= 0.6 is 0 Å². The molecule has 0 amide bonds. The molecule has 0 radical (unpaired) electrons. The van der Waals surface area contributed by atoms with Crippen LogP contribution in [0.25, 0.3) is 0 Å². The monoisotopic (exact) mass is 402 g/mol. The van der Waals surface area contributed by atoms with E-state index in [2.05, 4.69) is 0 Å². The first-order valence-electron chi connectivity index (χ1n) is 7.05. The quantitative estimate of drug-likeness (QED) is 0.229. The molecule has 0 aromatic heterocycles. The van der Waals surface area contributed by atoms with Gasteiger partial charge in [0.25, 0.3) is 10.1 Å². The van der Waals surface area contributed by atoms with Crippen LogP contribution in [0.3, 0.4) is 0 Å². The second-order valence-electron chi connectivity index (χ2n) is 4.58. The van der Waals surface area contributed by atoms with Crippen LogP contribution in [0.15, 0.2) is 23.1 Å². The molecule has 0 aliphatic heterocycles.